The molecule has 0 atom stereocenters. The Morgan fingerprint density at radius 2 is 1.71 bits per heavy atom. The Labute approximate surface area is 201 Å². The lowest BCUT2D eigenvalue weighted by molar-refractivity contribution is -0.384. The van der Waals surface area contributed by atoms with E-state index in [4.69, 9.17) is 5.10 Å². The smallest absolute Gasteiger partial charge is 0.269 e. The van der Waals surface area contributed by atoms with Crippen molar-refractivity contribution in [1.29, 1.82) is 0 Å². The average molecular weight is 476 g/mol. The Morgan fingerprint density at radius 3 is 2.35 bits per heavy atom. The number of thiophene rings is 1. The molecule has 1 fully saturated rings. The highest BCUT2D eigenvalue weighted by atomic mass is 32.1. The molecule has 0 spiro atoms. The number of hydrogen-bond donors (Lipinski definition) is 0. The predicted octanol–water partition coefficient (Wildman–Crippen LogP) is 4.63. The van der Waals surface area contributed by atoms with Gasteiger partial charge < -0.3 is 9.80 Å². The Hall–Kier alpha value is -3.72. The molecule has 0 aliphatic carbocycles. The number of amides is 1. The topological polar surface area (TPSA) is 84.5 Å². The maximum Gasteiger partial charge on any atom is 0.269 e. The van der Waals surface area contributed by atoms with Crippen molar-refractivity contribution in [2.75, 3.05) is 31.1 Å². The van der Waals surface area contributed by atoms with Crippen molar-refractivity contribution in [3.63, 3.8) is 0 Å². The summed E-state index contributed by atoms with van der Waals surface area (Å²) in [7, 11) is 0. The number of nitro groups is 1. The van der Waals surface area contributed by atoms with Crippen molar-refractivity contribution in [2.45, 2.75) is 20.4 Å². The molecule has 0 unspecified atom stereocenters. The number of piperazine rings is 1. The summed E-state index contributed by atoms with van der Waals surface area (Å²) in [6, 6.07) is 17.0. The van der Waals surface area contributed by atoms with Gasteiger partial charge in [0.05, 0.1) is 22.0 Å². The van der Waals surface area contributed by atoms with Gasteiger partial charge in [0.25, 0.3) is 11.6 Å². The normalized spacial score (nSPS) is 14.1. The van der Waals surface area contributed by atoms with Crippen molar-refractivity contribution in [3.8, 4) is 0 Å². The zero-order valence-corrected chi connectivity index (χ0v) is 19.9. The number of hydrogen-bond acceptors (Lipinski definition) is 6. The molecule has 4 aromatic rings. The Morgan fingerprint density at radius 1 is 1.03 bits per heavy atom. The summed E-state index contributed by atoms with van der Waals surface area (Å²) in [6.45, 7) is 7.33. The molecule has 1 aliphatic rings. The van der Waals surface area contributed by atoms with Crippen LogP contribution in [0.1, 0.15) is 26.5 Å². The Bertz CT molecular complexity index is 1350. The average Bonchev–Trinajstić information content (AvgIpc) is 3.41. The van der Waals surface area contributed by atoms with Gasteiger partial charge in [0.1, 0.15) is 4.83 Å². The second-order valence-electron chi connectivity index (χ2n) is 8.61. The maximum atomic E-state index is 13.3. The van der Waals surface area contributed by atoms with Crippen molar-refractivity contribution >= 4 is 38.8 Å². The van der Waals surface area contributed by atoms with Crippen LogP contribution in [-0.2, 0) is 6.54 Å². The molecular formula is C25H25N5O3S. The van der Waals surface area contributed by atoms with Gasteiger partial charge >= 0.3 is 0 Å². The fourth-order valence-corrected chi connectivity index (χ4v) is 5.43. The number of non-ortho nitro benzene ring substituents is 1. The molecule has 0 N–H and O–H groups in total. The highest BCUT2D eigenvalue weighted by Gasteiger charge is 2.25. The minimum atomic E-state index is -0.396. The Kier molecular flexibility index (Phi) is 5.79. The second kappa shape index (κ2) is 8.90. The lowest BCUT2D eigenvalue weighted by Gasteiger charge is -2.35. The molecule has 8 nitrogen and oxygen atoms in total. The molecule has 0 radical (unpaired) electrons. The number of fused-ring (bicyclic) bond motifs is 1. The molecule has 34 heavy (non-hydrogen) atoms. The molecule has 3 heterocycles. The van der Waals surface area contributed by atoms with Gasteiger partial charge in [-0.2, -0.15) is 5.10 Å². The molecule has 1 amide bonds. The second-order valence-corrected chi connectivity index (χ2v) is 9.64. The van der Waals surface area contributed by atoms with Gasteiger partial charge in [-0.05, 0) is 37.6 Å². The van der Waals surface area contributed by atoms with Crippen LogP contribution in [0.25, 0.3) is 10.2 Å². The number of aryl methyl sites for hydroxylation is 2. The zero-order valence-electron chi connectivity index (χ0n) is 19.1. The summed E-state index contributed by atoms with van der Waals surface area (Å²) in [4.78, 5) is 29.5. The van der Waals surface area contributed by atoms with Gasteiger partial charge in [-0.15, -0.1) is 11.3 Å². The highest BCUT2D eigenvalue weighted by molar-refractivity contribution is 7.20. The zero-order chi connectivity index (χ0) is 23.8. The van der Waals surface area contributed by atoms with Gasteiger partial charge in [0.15, 0.2) is 0 Å². The van der Waals surface area contributed by atoms with Crippen LogP contribution in [0.3, 0.4) is 0 Å². The summed E-state index contributed by atoms with van der Waals surface area (Å²) in [6.07, 6.45) is 0. The predicted molar refractivity (Wildman–Crippen MR) is 134 cm³/mol. The third kappa shape index (κ3) is 4.26. The van der Waals surface area contributed by atoms with Crippen molar-refractivity contribution in [3.05, 3.63) is 86.4 Å². The van der Waals surface area contributed by atoms with E-state index in [1.54, 1.807) is 12.1 Å². The van der Waals surface area contributed by atoms with Crippen LogP contribution in [0.5, 0.6) is 0 Å². The van der Waals surface area contributed by atoms with E-state index in [2.05, 4.69) is 36.1 Å². The van der Waals surface area contributed by atoms with E-state index >= 15 is 0 Å². The van der Waals surface area contributed by atoms with Gasteiger partial charge in [-0.1, -0.05) is 29.8 Å². The molecule has 0 saturated carbocycles. The van der Waals surface area contributed by atoms with E-state index in [0.717, 1.165) is 26.5 Å². The van der Waals surface area contributed by atoms with E-state index in [-0.39, 0.29) is 11.6 Å². The standard InChI is InChI=1S/C25H25N5O3S/c1-17-3-5-19(6-4-17)16-29-25-22(18(2)26-29)15-23(34-25)24(31)28-13-11-27(12-14-28)20-7-9-21(10-8-20)30(32)33/h3-10,15H,11-14,16H2,1-2H3. The first kappa shape index (κ1) is 22.1. The van der Waals surface area contributed by atoms with E-state index < -0.39 is 4.92 Å². The number of carbonyl (C=O) groups is 1. The van der Waals surface area contributed by atoms with Gasteiger partial charge in [-0.25, -0.2) is 0 Å². The summed E-state index contributed by atoms with van der Waals surface area (Å²) in [5, 5.41) is 16.6. The SMILES string of the molecule is Cc1ccc(Cn2nc(C)c3cc(C(=O)N4CCN(c5ccc([N+](=O)[O-])cc5)CC4)sc32)cc1. The van der Waals surface area contributed by atoms with Crippen LogP contribution in [0.4, 0.5) is 11.4 Å². The quantitative estimate of drug-likeness (QED) is 0.310. The maximum absolute atomic E-state index is 13.3. The number of benzene rings is 2. The van der Waals surface area contributed by atoms with Crippen LogP contribution < -0.4 is 4.90 Å². The minimum absolute atomic E-state index is 0.0471. The summed E-state index contributed by atoms with van der Waals surface area (Å²) in [5.41, 5.74) is 4.35. The number of anilines is 1. The van der Waals surface area contributed by atoms with Crippen LogP contribution in [0.15, 0.2) is 54.6 Å². The Balaban J connectivity index is 1.28. The number of nitro benzene ring substituents is 1. The van der Waals surface area contributed by atoms with E-state index in [1.807, 2.05) is 22.6 Å². The monoisotopic (exact) mass is 475 g/mol. The van der Waals surface area contributed by atoms with Gasteiger partial charge in [0, 0.05) is 49.4 Å². The molecule has 2 aromatic heterocycles. The van der Waals surface area contributed by atoms with Crippen molar-refractivity contribution in [1.82, 2.24) is 14.7 Å². The number of rotatable bonds is 5. The molecule has 9 heteroatoms. The third-order valence-electron chi connectivity index (χ3n) is 6.26. The highest BCUT2D eigenvalue weighted by Crippen LogP contribution is 2.30. The van der Waals surface area contributed by atoms with Crippen molar-refractivity contribution < 1.29 is 9.72 Å². The van der Waals surface area contributed by atoms with Gasteiger partial charge in [0.2, 0.25) is 0 Å². The van der Waals surface area contributed by atoms with E-state index in [1.165, 1.54) is 34.6 Å². The molecule has 1 aliphatic heterocycles. The minimum Gasteiger partial charge on any atom is -0.368 e. The van der Waals surface area contributed by atoms with E-state index in [9.17, 15) is 14.9 Å². The third-order valence-corrected chi connectivity index (χ3v) is 7.40. The van der Waals surface area contributed by atoms with Crippen LogP contribution in [-0.4, -0.2) is 51.7 Å². The number of carbonyl (C=O) groups excluding carboxylic acids is 1. The molecule has 2 aromatic carbocycles. The van der Waals surface area contributed by atoms with Gasteiger partial charge in [-0.3, -0.25) is 19.6 Å². The fraction of sp³-hybridized carbons (Fsp3) is 0.280. The first-order valence-corrected chi connectivity index (χ1v) is 12.0. The molecule has 5 rings (SSSR count). The molecule has 174 valence electrons. The molecular weight excluding hydrogens is 450 g/mol. The summed E-state index contributed by atoms with van der Waals surface area (Å²) < 4.78 is 1.99. The largest absolute Gasteiger partial charge is 0.368 e. The lowest BCUT2D eigenvalue weighted by Crippen LogP contribution is -2.48. The fourth-order valence-electron chi connectivity index (χ4n) is 4.30. The van der Waals surface area contributed by atoms with Crippen LogP contribution in [0.2, 0.25) is 0 Å². The molecule has 0 bridgehead atoms. The number of aromatic nitrogens is 2. The number of nitrogens with zero attached hydrogens (tertiary/aromatic N) is 5. The van der Waals surface area contributed by atoms with Crippen molar-refractivity contribution in [2.24, 2.45) is 0 Å². The van der Waals surface area contributed by atoms with Crippen LogP contribution in [0, 0.1) is 24.0 Å². The van der Waals surface area contributed by atoms with Crippen LogP contribution >= 0.6 is 11.3 Å². The lowest BCUT2D eigenvalue weighted by atomic mass is 10.1. The summed E-state index contributed by atoms with van der Waals surface area (Å²) >= 11 is 1.50. The van der Waals surface area contributed by atoms with E-state index in [0.29, 0.717) is 32.7 Å². The molecule has 1 saturated heterocycles. The first-order valence-electron chi connectivity index (χ1n) is 11.2. The first-order chi connectivity index (χ1) is 16.4. The summed E-state index contributed by atoms with van der Waals surface area (Å²) in [5.74, 6) is 0.0471.